The lowest BCUT2D eigenvalue weighted by Crippen LogP contribution is -2.36. The van der Waals surface area contributed by atoms with Crippen molar-refractivity contribution < 1.29 is 24.3 Å². The normalized spacial score (nSPS) is 11.2. The van der Waals surface area contributed by atoms with E-state index >= 15 is 0 Å². The lowest BCUT2D eigenvalue weighted by Gasteiger charge is -2.12. The maximum Gasteiger partial charge on any atom is 0.333 e. The number of amides is 1. The number of benzene rings is 1. The van der Waals surface area contributed by atoms with Gasteiger partial charge in [-0.2, -0.15) is 0 Å². The standard InChI is InChI=1S/C11H12N2O6/c1-8(12-7-14)11(15)19-10-5-3-2-4-9(10)6-18-13(16)17/h2-5,7-8H,6H2,1H3,(H,12,14). The highest BCUT2D eigenvalue weighted by Gasteiger charge is 2.16. The van der Waals surface area contributed by atoms with Gasteiger partial charge in [-0.3, -0.25) is 4.79 Å². The average molecular weight is 268 g/mol. The van der Waals surface area contributed by atoms with Gasteiger partial charge in [0.2, 0.25) is 6.41 Å². The van der Waals surface area contributed by atoms with Gasteiger partial charge in [-0.25, -0.2) is 4.79 Å². The summed E-state index contributed by atoms with van der Waals surface area (Å²) in [6.45, 7) is 1.12. The predicted octanol–water partition coefficient (Wildman–Crippen LogP) is 0.435. The van der Waals surface area contributed by atoms with Gasteiger partial charge in [0, 0.05) is 5.56 Å². The van der Waals surface area contributed by atoms with Gasteiger partial charge < -0.3 is 14.9 Å². The van der Waals surface area contributed by atoms with Crippen molar-refractivity contribution >= 4 is 12.4 Å². The van der Waals surface area contributed by atoms with Crippen molar-refractivity contribution in [1.29, 1.82) is 0 Å². The summed E-state index contributed by atoms with van der Waals surface area (Å²) in [5.41, 5.74) is 0.353. The molecule has 0 saturated heterocycles. The maximum atomic E-state index is 11.6. The van der Waals surface area contributed by atoms with Crippen LogP contribution in [-0.4, -0.2) is 23.5 Å². The zero-order chi connectivity index (χ0) is 14.3. The van der Waals surface area contributed by atoms with Crippen molar-refractivity contribution in [2.75, 3.05) is 0 Å². The number of hydrogen-bond acceptors (Lipinski definition) is 6. The number of ether oxygens (including phenoxy) is 1. The lowest BCUT2D eigenvalue weighted by molar-refractivity contribution is -0.763. The van der Waals surface area contributed by atoms with Gasteiger partial charge in [-0.05, 0) is 13.0 Å². The van der Waals surface area contributed by atoms with Gasteiger partial charge in [0.15, 0.2) is 0 Å². The second-order valence-electron chi connectivity index (χ2n) is 3.53. The van der Waals surface area contributed by atoms with Gasteiger partial charge in [0.25, 0.3) is 5.09 Å². The first-order valence-electron chi connectivity index (χ1n) is 5.31. The van der Waals surface area contributed by atoms with Gasteiger partial charge in [-0.15, -0.1) is 10.1 Å². The van der Waals surface area contributed by atoms with Crippen LogP contribution >= 0.6 is 0 Å². The summed E-state index contributed by atoms with van der Waals surface area (Å²) < 4.78 is 5.03. The van der Waals surface area contributed by atoms with Crippen LogP contribution < -0.4 is 10.1 Å². The highest BCUT2D eigenvalue weighted by molar-refractivity contribution is 5.80. The molecule has 1 rings (SSSR count). The van der Waals surface area contributed by atoms with Crippen molar-refractivity contribution in [2.45, 2.75) is 19.6 Å². The van der Waals surface area contributed by atoms with Crippen LogP contribution in [-0.2, 0) is 21.0 Å². The molecule has 1 amide bonds. The van der Waals surface area contributed by atoms with Crippen LogP contribution in [0.4, 0.5) is 0 Å². The van der Waals surface area contributed by atoms with Gasteiger partial charge >= 0.3 is 5.97 Å². The third-order valence-corrected chi connectivity index (χ3v) is 2.18. The summed E-state index contributed by atoms with van der Waals surface area (Å²) in [5, 5.41) is 11.4. The number of hydrogen-bond donors (Lipinski definition) is 1. The number of carbonyl (C=O) groups is 2. The van der Waals surface area contributed by atoms with Crippen LogP contribution in [0.15, 0.2) is 24.3 Å². The van der Waals surface area contributed by atoms with E-state index in [0.29, 0.717) is 12.0 Å². The lowest BCUT2D eigenvalue weighted by atomic mass is 10.2. The molecule has 0 aliphatic carbocycles. The first-order chi connectivity index (χ1) is 9.04. The van der Waals surface area contributed by atoms with E-state index in [9.17, 15) is 19.7 Å². The van der Waals surface area contributed by atoms with Gasteiger partial charge in [0.1, 0.15) is 18.4 Å². The minimum atomic E-state index is -0.935. The summed E-state index contributed by atoms with van der Waals surface area (Å²) in [4.78, 5) is 36.1. The van der Waals surface area contributed by atoms with Crippen LogP contribution in [0.2, 0.25) is 0 Å². The smallest absolute Gasteiger partial charge is 0.333 e. The molecule has 0 fully saturated rings. The zero-order valence-corrected chi connectivity index (χ0v) is 10.1. The van der Waals surface area contributed by atoms with Crippen molar-refractivity contribution in [3.05, 3.63) is 39.9 Å². The molecule has 0 radical (unpaired) electrons. The van der Waals surface area contributed by atoms with Gasteiger partial charge in [-0.1, -0.05) is 18.2 Å². The first kappa shape index (κ1) is 14.4. The topological polar surface area (TPSA) is 108 Å². The summed E-state index contributed by atoms with van der Waals surface area (Å²) in [6, 6.07) is 5.43. The Kier molecular flexibility index (Phi) is 5.27. The molecular weight excluding hydrogens is 256 g/mol. The molecule has 0 bridgehead atoms. The molecule has 8 heteroatoms. The quantitative estimate of drug-likeness (QED) is 0.253. The fraction of sp³-hybridized carbons (Fsp3) is 0.273. The minimum Gasteiger partial charge on any atom is -0.425 e. The minimum absolute atomic E-state index is 0.147. The highest BCUT2D eigenvalue weighted by Crippen LogP contribution is 2.19. The number of esters is 1. The fourth-order valence-corrected chi connectivity index (χ4v) is 1.21. The van der Waals surface area contributed by atoms with E-state index < -0.39 is 17.1 Å². The number of para-hydroxylation sites is 1. The number of rotatable bonds is 7. The molecule has 0 spiro atoms. The molecular formula is C11H12N2O6. The van der Waals surface area contributed by atoms with Crippen LogP contribution in [0.5, 0.6) is 5.75 Å². The van der Waals surface area contributed by atoms with E-state index in [4.69, 9.17) is 4.74 Å². The second-order valence-corrected chi connectivity index (χ2v) is 3.53. The molecule has 19 heavy (non-hydrogen) atoms. The molecule has 1 aromatic rings. The van der Waals surface area contributed by atoms with Crippen LogP contribution in [0.1, 0.15) is 12.5 Å². The summed E-state index contributed by atoms with van der Waals surface area (Å²) in [5.74, 6) is -0.533. The van der Waals surface area contributed by atoms with Crippen LogP contribution in [0.25, 0.3) is 0 Å². The van der Waals surface area contributed by atoms with E-state index in [1.807, 2.05) is 0 Å². The molecule has 0 heterocycles. The molecule has 0 aliphatic rings. The highest BCUT2D eigenvalue weighted by atomic mass is 16.9. The van der Waals surface area contributed by atoms with E-state index in [0.717, 1.165) is 0 Å². The Bertz CT molecular complexity index is 476. The van der Waals surface area contributed by atoms with E-state index in [1.54, 1.807) is 12.1 Å². The Morgan fingerprint density at radius 1 is 1.53 bits per heavy atom. The third kappa shape index (κ3) is 4.62. The molecule has 1 atom stereocenters. The van der Waals surface area contributed by atoms with Gasteiger partial charge in [0.05, 0.1) is 0 Å². The summed E-state index contributed by atoms with van der Waals surface area (Å²) >= 11 is 0. The van der Waals surface area contributed by atoms with E-state index in [1.165, 1.54) is 19.1 Å². The molecule has 102 valence electrons. The molecule has 0 aliphatic heterocycles. The van der Waals surface area contributed by atoms with Crippen molar-refractivity contribution in [3.63, 3.8) is 0 Å². The van der Waals surface area contributed by atoms with E-state index in [-0.39, 0.29) is 12.4 Å². The summed E-state index contributed by atoms with van der Waals surface area (Å²) in [6.07, 6.45) is 0.383. The average Bonchev–Trinajstić information content (AvgIpc) is 2.37. The van der Waals surface area contributed by atoms with Crippen LogP contribution in [0.3, 0.4) is 0 Å². The Morgan fingerprint density at radius 3 is 2.84 bits per heavy atom. The van der Waals surface area contributed by atoms with Crippen LogP contribution in [0, 0.1) is 10.1 Å². The molecule has 1 unspecified atom stereocenters. The number of nitrogens with zero attached hydrogens (tertiary/aromatic N) is 1. The molecule has 1 aromatic carbocycles. The Hall–Kier alpha value is -2.64. The summed E-state index contributed by atoms with van der Waals surface area (Å²) in [7, 11) is 0. The largest absolute Gasteiger partial charge is 0.425 e. The Balaban J connectivity index is 2.74. The Labute approximate surface area is 108 Å². The zero-order valence-electron chi connectivity index (χ0n) is 10.1. The predicted molar refractivity (Wildman–Crippen MR) is 62.5 cm³/mol. The van der Waals surface area contributed by atoms with Crippen molar-refractivity contribution in [3.8, 4) is 5.75 Å². The molecule has 0 saturated carbocycles. The first-order valence-corrected chi connectivity index (χ1v) is 5.31. The SMILES string of the molecule is CC(NC=O)C(=O)Oc1ccccc1CO[N+](=O)[O-]. The second kappa shape index (κ2) is 6.94. The number of carbonyl (C=O) groups excluding carboxylic acids is 2. The monoisotopic (exact) mass is 268 g/mol. The van der Waals surface area contributed by atoms with Crippen molar-refractivity contribution in [1.82, 2.24) is 5.32 Å². The van der Waals surface area contributed by atoms with E-state index in [2.05, 4.69) is 10.2 Å². The molecule has 0 aromatic heterocycles. The molecule has 1 N–H and O–H groups in total. The number of nitrogens with one attached hydrogen (secondary N) is 1. The maximum absolute atomic E-state index is 11.6. The Morgan fingerprint density at radius 2 is 2.21 bits per heavy atom. The van der Waals surface area contributed by atoms with Crippen molar-refractivity contribution in [2.24, 2.45) is 0 Å². The molecule has 8 nitrogen and oxygen atoms in total. The third-order valence-electron chi connectivity index (χ3n) is 2.18. The fourth-order valence-electron chi connectivity index (χ4n) is 1.21.